The van der Waals surface area contributed by atoms with Crippen molar-refractivity contribution >= 4 is 0 Å². The van der Waals surface area contributed by atoms with Gasteiger partial charge in [-0.1, -0.05) is 6.07 Å². The molecule has 0 spiro atoms. The van der Waals surface area contributed by atoms with E-state index in [2.05, 4.69) is 10.9 Å². The van der Waals surface area contributed by atoms with E-state index in [1.54, 1.807) is 12.3 Å². The summed E-state index contributed by atoms with van der Waals surface area (Å²) in [5, 5.41) is 0. The van der Waals surface area contributed by atoms with Gasteiger partial charge >= 0.3 is 0 Å². The number of halogens is 2. The monoisotopic (exact) mass is 182 g/mol. The van der Waals surface area contributed by atoms with Gasteiger partial charge in [0.05, 0.1) is 6.04 Å². The van der Waals surface area contributed by atoms with E-state index in [9.17, 15) is 8.78 Å². The fourth-order valence-corrected chi connectivity index (χ4v) is 1.31. The van der Waals surface area contributed by atoms with E-state index in [-0.39, 0.29) is 5.56 Å². The van der Waals surface area contributed by atoms with Crippen LogP contribution >= 0.6 is 0 Å². The van der Waals surface area contributed by atoms with Gasteiger partial charge in [-0.25, -0.2) is 14.2 Å². The molecule has 1 heterocycles. The lowest BCUT2D eigenvalue weighted by atomic mass is 10.1. The number of rotatable bonds is 1. The molecule has 4 heteroatoms. The minimum Gasteiger partial charge on any atom is -0.328 e. The van der Waals surface area contributed by atoms with Gasteiger partial charge in [0.2, 0.25) is 0 Å². The SMILES string of the molecule is Fc1cccc(F)c1C1C=CNN1. The Bertz CT molecular complexity index is 329. The lowest BCUT2D eigenvalue weighted by Gasteiger charge is -2.10. The summed E-state index contributed by atoms with van der Waals surface area (Å²) in [5.74, 6) is -1.07. The highest BCUT2D eigenvalue weighted by atomic mass is 19.1. The summed E-state index contributed by atoms with van der Waals surface area (Å²) in [6.45, 7) is 0. The number of hydrazine groups is 1. The van der Waals surface area contributed by atoms with Crippen LogP contribution < -0.4 is 10.9 Å². The van der Waals surface area contributed by atoms with Crippen LogP contribution in [0.2, 0.25) is 0 Å². The first kappa shape index (κ1) is 8.19. The third kappa shape index (κ3) is 1.40. The smallest absolute Gasteiger partial charge is 0.131 e. The molecular weight excluding hydrogens is 174 g/mol. The van der Waals surface area contributed by atoms with Crippen LogP contribution in [0, 0.1) is 11.6 Å². The molecule has 2 rings (SSSR count). The van der Waals surface area contributed by atoms with Crippen molar-refractivity contribution in [1.29, 1.82) is 0 Å². The van der Waals surface area contributed by atoms with Crippen LogP contribution in [0.25, 0.3) is 0 Å². The Labute approximate surface area is 74.2 Å². The van der Waals surface area contributed by atoms with Gasteiger partial charge < -0.3 is 5.43 Å². The molecule has 1 aliphatic rings. The van der Waals surface area contributed by atoms with Crippen molar-refractivity contribution < 1.29 is 8.78 Å². The second-order valence-electron chi connectivity index (χ2n) is 2.76. The number of benzene rings is 1. The first-order valence-corrected chi connectivity index (χ1v) is 3.90. The fourth-order valence-electron chi connectivity index (χ4n) is 1.31. The van der Waals surface area contributed by atoms with E-state index in [1.807, 2.05) is 0 Å². The summed E-state index contributed by atoms with van der Waals surface area (Å²) < 4.78 is 26.3. The Morgan fingerprint density at radius 3 is 2.38 bits per heavy atom. The van der Waals surface area contributed by atoms with Crippen molar-refractivity contribution in [3.8, 4) is 0 Å². The number of nitrogens with one attached hydrogen (secondary N) is 2. The van der Waals surface area contributed by atoms with Crippen molar-refractivity contribution in [2.75, 3.05) is 0 Å². The Morgan fingerprint density at radius 2 is 1.85 bits per heavy atom. The third-order valence-electron chi connectivity index (χ3n) is 1.92. The van der Waals surface area contributed by atoms with E-state index < -0.39 is 17.7 Å². The Balaban J connectivity index is 2.43. The topological polar surface area (TPSA) is 24.1 Å². The molecule has 68 valence electrons. The minimum absolute atomic E-state index is 0.0451. The normalized spacial score (nSPS) is 20.3. The van der Waals surface area contributed by atoms with Crippen LogP contribution in [0.15, 0.2) is 30.5 Å². The first-order valence-electron chi connectivity index (χ1n) is 3.90. The molecule has 1 unspecified atom stereocenters. The lowest BCUT2D eigenvalue weighted by molar-refractivity contribution is 0.509. The molecule has 0 amide bonds. The van der Waals surface area contributed by atoms with E-state index in [1.165, 1.54) is 18.2 Å². The fraction of sp³-hybridized carbons (Fsp3) is 0.111. The molecule has 1 atom stereocenters. The average Bonchev–Trinajstić information content (AvgIpc) is 2.57. The second-order valence-corrected chi connectivity index (χ2v) is 2.76. The summed E-state index contributed by atoms with van der Waals surface area (Å²) in [7, 11) is 0. The zero-order chi connectivity index (χ0) is 9.26. The van der Waals surface area contributed by atoms with Gasteiger partial charge in [0.25, 0.3) is 0 Å². The Morgan fingerprint density at radius 1 is 1.15 bits per heavy atom. The minimum atomic E-state index is -0.536. The van der Waals surface area contributed by atoms with Crippen molar-refractivity contribution in [3.63, 3.8) is 0 Å². The standard InChI is InChI=1S/C9H8F2N2/c10-6-2-1-3-7(11)9(6)8-4-5-12-13-8/h1-5,8,12-13H. The largest absolute Gasteiger partial charge is 0.328 e. The van der Waals surface area contributed by atoms with Crippen molar-refractivity contribution in [1.82, 2.24) is 10.9 Å². The third-order valence-corrected chi connectivity index (χ3v) is 1.92. The molecule has 2 N–H and O–H groups in total. The average molecular weight is 182 g/mol. The van der Waals surface area contributed by atoms with Gasteiger partial charge in [-0.15, -0.1) is 0 Å². The van der Waals surface area contributed by atoms with E-state index in [4.69, 9.17) is 0 Å². The molecule has 1 aliphatic heterocycles. The molecular formula is C9H8F2N2. The first-order chi connectivity index (χ1) is 6.29. The quantitative estimate of drug-likeness (QED) is 0.689. The van der Waals surface area contributed by atoms with Crippen molar-refractivity contribution in [2.24, 2.45) is 0 Å². The summed E-state index contributed by atoms with van der Waals surface area (Å²) in [5.41, 5.74) is 5.42. The second kappa shape index (κ2) is 3.14. The van der Waals surface area contributed by atoms with Crippen LogP contribution in [-0.4, -0.2) is 0 Å². The summed E-state index contributed by atoms with van der Waals surface area (Å²) >= 11 is 0. The van der Waals surface area contributed by atoms with Crippen LogP contribution in [0.5, 0.6) is 0 Å². The Hall–Kier alpha value is -1.42. The number of hydrogen-bond donors (Lipinski definition) is 2. The lowest BCUT2D eigenvalue weighted by Crippen LogP contribution is -2.25. The zero-order valence-electron chi connectivity index (χ0n) is 6.72. The summed E-state index contributed by atoms with van der Waals surface area (Å²) in [6.07, 6.45) is 3.26. The Kier molecular flexibility index (Phi) is 1.98. The van der Waals surface area contributed by atoms with Gasteiger partial charge in [-0.05, 0) is 18.2 Å². The highest BCUT2D eigenvalue weighted by molar-refractivity contribution is 5.27. The summed E-state index contributed by atoms with van der Waals surface area (Å²) in [4.78, 5) is 0. The predicted octanol–water partition coefficient (Wildman–Crippen LogP) is 1.63. The highest BCUT2D eigenvalue weighted by Crippen LogP contribution is 2.22. The number of hydrogen-bond acceptors (Lipinski definition) is 2. The molecule has 0 aliphatic carbocycles. The molecule has 0 radical (unpaired) electrons. The van der Waals surface area contributed by atoms with Crippen LogP contribution in [0.3, 0.4) is 0 Å². The van der Waals surface area contributed by atoms with E-state index >= 15 is 0 Å². The van der Waals surface area contributed by atoms with Crippen LogP contribution in [-0.2, 0) is 0 Å². The molecule has 0 fully saturated rings. The molecule has 2 nitrogen and oxygen atoms in total. The van der Waals surface area contributed by atoms with Crippen LogP contribution in [0.1, 0.15) is 11.6 Å². The zero-order valence-corrected chi connectivity index (χ0v) is 6.72. The van der Waals surface area contributed by atoms with Gasteiger partial charge in [0, 0.05) is 11.8 Å². The molecule has 0 bridgehead atoms. The van der Waals surface area contributed by atoms with Gasteiger partial charge in [-0.2, -0.15) is 0 Å². The van der Waals surface area contributed by atoms with Crippen LogP contribution in [0.4, 0.5) is 8.78 Å². The van der Waals surface area contributed by atoms with Gasteiger partial charge in [-0.3, -0.25) is 0 Å². The molecule has 0 aromatic heterocycles. The summed E-state index contributed by atoms with van der Waals surface area (Å²) in [6, 6.07) is 3.40. The highest BCUT2D eigenvalue weighted by Gasteiger charge is 2.18. The van der Waals surface area contributed by atoms with Crippen molar-refractivity contribution in [3.05, 3.63) is 47.7 Å². The van der Waals surface area contributed by atoms with Gasteiger partial charge in [0.15, 0.2) is 0 Å². The maximum absolute atomic E-state index is 13.2. The molecule has 1 aromatic rings. The van der Waals surface area contributed by atoms with Crippen molar-refractivity contribution in [2.45, 2.75) is 6.04 Å². The van der Waals surface area contributed by atoms with Gasteiger partial charge in [0.1, 0.15) is 11.6 Å². The van der Waals surface area contributed by atoms with E-state index in [0.717, 1.165) is 0 Å². The maximum atomic E-state index is 13.2. The predicted molar refractivity (Wildman–Crippen MR) is 44.5 cm³/mol. The molecule has 13 heavy (non-hydrogen) atoms. The van der Waals surface area contributed by atoms with E-state index in [0.29, 0.717) is 0 Å². The molecule has 0 saturated carbocycles. The maximum Gasteiger partial charge on any atom is 0.131 e. The molecule has 1 aromatic carbocycles. The molecule has 0 saturated heterocycles.